The third kappa shape index (κ3) is 4.77. The summed E-state index contributed by atoms with van der Waals surface area (Å²) in [7, 11) is 0. The van der Waals surface area contributed by atoms with Crippen molar-refractivity contribution >= 4 is 5.97 Å². The summed E-state index contributed by atoms with van der Waals surface area (Å²) in [6.45, 7) is 3.78. The van der Waals surface area contributed by atoms with Crippen molar-refractivity contribution in [2.75, 3.05) is 13.2 Å². The summed E-state index contributed by atoms with van der Waals surface area (Å²) in [6.07, 6.45) is -1.85. The summed E-state index contributed by atoms with van der Waals surface area (Å²) in [5.41, 5.74) is 10.4. The number of rotatable bonds is 6. The Hall–Kier alpha value is -2.94. The highest BCUT2D eigenvalue weighted by Crippen LogP contribution is 2.42. The van der Waals surface area contributed by atoms with Crippen LogP contribution in [0.15, 0.2) is 65.8 Å². The molecule has 32 heavy (non-hydrogen) atoms. The lowest BCUT2D eigenvalue weighted by atomic mass is 9.95. The van der Waals surface area contributed by atoms with Crippen LogP contribution in [0.25, 0.3) is 10.4 Å². The van der Waals surface area contributed by atoms with Crippen molar-refractivity contribution in [3.63, 3.8) is 0 Å². The van der Waals surface area contributed by atoms with E-state index in [2.05, 4.69) is 10.0 Å². The van der Waals surface area contributed by atoms with Crippen LogP contribution in [0.2, 0.25) is 0 Å². The van der Waals surface area contributed by atoms with E-state index in [1.54, 1.807) is 38.1 Å². The van der Waals surface area contributed by atoms with E-state index in [0.717, 1.165) is 5.56 Å². The van der Waals surface area contributed by atoms with Gasteiger partial charge in [0.25, 0.3) is 0 Å². The van der Waals surface area contributed by atoms with Gasteiger partial charge in [0.05, 0.1) is 24.8 Å². The Balaban J connectivity index is 1.66. The van der Waals surface area contributed by atoms with Gasteiger partial charge in [-0.25, -0.2) is 4.79 Å². The zero-order valence-corrected chi connectivity index (χ0v) is 17.9. The second kappa shape index (κ2) is 9.28. The molecule has 2 fully saturated rings. The fourth-order valence-corrected chi connectivity index (χ4v) is 3.86. The van der Waals surface area contributed by atoms with E-state index < -0.39 is 35.8 Å². The fraction of sp³-hybridized carbons (Fsp3) is 0.435. The van der Waals surface area contributed by atoms with Gasteiger partial charge < -0.3 is 23.7 Å². The minimum Gasteiger partial charge on any atom is -0.450 e. The highest BCUT2D eigenvalue weighted by Gasteiger charge is 2.61. The molecule has 0 N–H and O–H groups in total. The first-order valence-electron chi connectivity index (χ1n) is 10.4. The van der Waals surface area contributed by atoms with Crippen molar-refractivity contribution in [1.29, 1.82) is 0 Å². The van der Waals surface area contributed by atoms with Crippen molar-refractivity contribution in [1.82, 2.24) is 0 Å². The molecule has 0 unspecified atom stereocenters. The Bertz CT molecular complexity index is 980. The SMILES string of the molecule is CC1(C)OC[C@]2(OC[C@H](N=[N+]=[N-])[C@@H](OCc3ccccc3)[C@@H]2OC(=O)c2ccccc2)O1. The Morgan fingerprint density at radius 1 is 1.12 bits per heavy atom. The van der Waals surface area contributed by atoms with Crippen LogP contribution in [0.1, 0.15) is 29.8 Å². The maximum Gasteiger partial charge on any atom is 0.338 e. The van der Waals surface area contributed by atoms with Gasteiger partial charge in [-0.3, -0.25) is 0 Å². The summed E-state index contributed by atoms with van der Waals surface area (Å²) >= 11 is 0. The predicted molar refractivity (Wildman–Crippen MR) is 113 cm³/mol. The molecule has 2 aliphatic rings. The van der Waals surface area contributed by atoms with E-state index in [4.69, 9.17) is 29.2 Å². The lowest BCUT2D eigenvalue weighted by molar-refractivity contribution is -0.327. The van der Waals surface area contributed by atoms with Crippen LogP contribution in [-0.4, -0.2) is 49.0 Å². The molecule has 2 saturated heterocycles. The zero-order valence-electron chi connectivity index (χ0n) is 17.9. The lowest BCUT2D eigenvalue weighted by Crippen LogP contribution is -2.64. The van der Waals surface area contributed by atoms with Gasteiger partial charge in [0.2, 0.25) is 5.79 Å². The Labute approximate surface area is 185 Å². The van der Waals surface area contributed by atoms with E-state index in [9.17, 15) is 4.79 Å². The maximum atomic E-state index is 13.0. The Morgan fingerprint density at radius 2 is 1.81 bits per heavy atom. The molecule has 0 aliphatic carbocycles. The second-order valence-electron chi connectivity index (χ2n) is 8.14. The molecule has 1 spiro atoms. The third-order valence-electron chi connectivity index (χ3n) is 5.38. The standard InChI is InChI=1S/C23H25N3O6/c1-22(2)30-15-23(32-22)20(31-21(27)17-11-7-4-8-12-17)19(18(14-29-23)25-26-24)28-13-16-9-5-3-6-10-16/h3-12,18-20H,13-15H2,1-2H3/t18-,19+,20-,23-/m0/s1. The first kappa shape index (κ1) is 22.3. The van der Waals surface area contributed by atoms with E-state index in [1.165, 1.54) is 0 Å². The van der Waals surface area contributed by atoms with Crippen LogP contribution in [0.4, 0.5) is 0 Å². The van der Waals surface area contributed by atoms with Crippen LogP contribution < -0.4 is 0 Å². The van der Waals surface area contributed by atoms with Crippen molar-refractivity contribution in [3.05, 3.63) is 82.2 Å². The highest BCUT2D eigenvalue weighted by molar-refractivity contribution is 5.89. The molecule has 168 valence electrons. The number of benzene rings is 2. The molecule has 2 aliphatic heterocycles. The largest absolute Gasteiger partial charge is 0.450 e. The average Bonchev–Trinajstić information content (AvgIpc) is 3.12. The number of esters is 1. The van der Waals surface area contributed by atoms with Gasteiger partial charge in [0, 0.05) is 4.91 Å². The number of hydrogen-bond acceptors (Lipinski definition) is 7. The molecule has 0 saturated carbocycles. The number of carbonyl (C=O) groups is 1. The van der Waals surface area contributed by atoms with Crippen LogP contribution in [0.3, 0.4) is 0 Å². The van der Waals surface area contributed by atoms with E-state index in [-0.39, 0.29) is 19.8 Å². The van der Waals surface area contributed by atoms with Crippen LogP contribution in [0.5, 0.6) is 0 Å². The van der Waals surface area contributed by atoms with Crippen LogP contribution >= 0.6 is 0 Å². The van der Waals surface area contributed by atoms with Gasteiger partial charge in [0.15, 0.2) is 11.9 Å². The van der Waals surface area contributed by atoms with Gasteiger partial charge >= 0.3 is 5.97 Å². The van der Waals surface area contributed by atoms with Crippen molar-refractivity contribution < 1.29 is 28.5 Å². The molecule has 4 rings (SSSR count). The summed E-state index contributed by atoms with van der Waals surface area (Å²) in [5, 5.41) is 3.84. The number of azide groups is 1. The third-order valence-corrected chi connectivity index (χ3v) is 5.38. The number of carbonyl (C=O) groups excluding carboxylic acids is 1. The average molecular weight is 439 g/mol. The first-order chi connectivity index (χ1) is 15.4. The van der Waals surface area contributed by atoms with Crippen LogP contribution in [-0.2, 0) is 30.3 Å². The van der Waals surface area contributed by atoms with E-state index in [1.807, 2.05) is 36.4 Å². The first-order valence-corrected chi connectivity index (χ1v) is 10.4. The number of hydrogen-bond donors (Lipinski definition) is 0. The van der Waals surface area contributed by atoms with Gasteiger partial charge in [0.1, 0.15) is 12.7 Å². The lowest BCUT2D eigenvalue weighted by Gasteiger charge is -2.45. The molecule has 9 heteroatoms. The number of nitrogens with zero attached hydrogens (tertiary/aromatic N) is 3. The van der Waals surface area contributed by atoms with Crippen molar-refractivity contribution in [3.8, 4) is 0 Å². The fourth-order valence-electron chi connectivity index (χ4n) is 3.86. The van der Waals surface area contributed by atoms with Gasteiger partial charge in [-0.2, -0.15) is 0 Å². The molecule has 0 aromatic heterocycles. The normalized spacial score (nSPS) is 28.8. The van der Waals surface area contributed by atoms with E-state index >= 15 is 0 Å². The van der Waals surface area contributed by atoms with Crippen molar-refractivity contribution in [2.45, 2.75) is 50.3 Å². The molecule has 2 aromatic rings. The smallest absolute Gasteiger partial charge is 0.338 e. The van der Waals surface area contributed by atoms with Crippen LogP contribution in [0, 0.1) is 0 Å². The molecule has 4 atom stereocenters. The Morgan fingerprint density at radius 3 is 2.44 bits per heavy atom. The summed E-state index contributed by atoms with van der Waals surface area (Å²) in [4.78, 5) is 15.9. The molecule has 0 radical (unpaired) electrons. The highest BCUT2D eigenvalue weighted by atomic mass is 16.8. The minimum atomic E-state index is -1.39. The monoisotopic (exact) mass is 439 g/mol. The van der Waals surface area contributed by atoms with E-state index in [0.29, 0.717) is 5.56 Å². The van der Waals surface area contributed by atoms with Gasteiger partial charge in [-0.05, 0) is 37.1 Å². The quantitative estimate of drug-likeness (QED) is 0.291. The van der Waals surface area contributed by atoms with Crippen molar-refractivity contribution in [2.24, 2.45) is 5.11 Å². The molecular weight excluding hydrogens is 414 g/mol. The zero-order chi connectivity index (χ0) is 22.6. The van der Waals surface area contributed by atoms with Gasteiger partial charge in [-0.15, -0.1) is 0 Å². The molecule has 2 aromatic carbocycles. The Kier molecular flexibility index (Phi) is 6.45. The number of ether oxygens (including phenoxy) is 5. The molecule has 0 amide bonds. The summed E-state index contributed by atoms with van der Waals surface area (Å²) in [6, 6.07) is 17.4. The molecule has 2 heterocycles. The summed E-state index contributed by atoms with van der Waals surface area (Å²) in [5.74, 6) is -2.91. The predicted octanol–water partition coefficient (Wildman–Crippen LogP) is 3.99. The summed E-state index contributed by atoms with van der Waals surface area (Å²) < 4.78 is 29.9. The second-order valence-corrected chi connectivity index (χ2v) is 8.14. The van der Waals surface area contributed by atoms with Gasteiger partial charge in [-0.1, -0.05) is 53.6 Å². The molecule has 9 nitrogen and oxygen atoms in total. The molecule has 0 bridgehead atoms. The maximum absolute atomic E-state index is 13.0. The minimum absolute atomic E-state index is 0.0287. The topological polar surface area (TPSA) is 112 Å². The molecular formula is C23H25N3O6.